The number of hydrogen-bond donors (Lipinski definition) is 0. The summed E-state index contributed by atoms with van der Waals surface area (Å²) in [5.74, 6) is 0.804. The van der Waals surface area contributed by atoms with Gasteiger partial charge in [0.15, 0.2) is 4.80 Å². The highest BCUT2D eigenvalue weighted by atomic mass is 32.1. The standard InChI is InChI=1S/C29H24N2O2S/c1-18-7-9-19(10-8-18)17-25-28(32)31-27(21-11-14-22(33-2)15-12-21)24-16-13-20-5-3-4-6-23(20)26(24)30-29(31)34-25/h3-12,14-15,17,27H,13,16H2,1-2H3/b25-17-/t27-/m0/s1. The molecule has 1 atom stereocenters. The van der Waals surface area contributed by atoms with Crippen molar-refractivity contribution in [3.63, 3.8) is 0 Å². The Bertz CT molecular complexity index is 1610. The minimum atomic E-state index is -0.175. The van der Waals surface area contributed by atoms with Crippen molar-refractivity contribution in [1.82, 2.24) is 4.57 Å². The summed E-state index contributed by atoms with van der Waals surface area (Å²) in [7, 11) is 1.67. The lowest BCUT2D eigenvalue weighted by atomic mass is 9.83. The van der Waals surface area contributed by atoms with Crippen LogP contribution in [-0.2, 0) is 6.42 Å². The van der Waals surface area contributed by atoms with E-state index in [1.807, 2.05) is 22.8 Å². The Kier molecular flexibility index (Phi) is 5.07. The van der Waals surface area contributed by atoms with Gasteiger partial charge in [0.25, 0.3) is 5.56 Å². The molecule has 0 unspecified atom stereocenters. The van der Waals surface area contributed by atoms with Crippen LogP contribution in [0.2, 0.25) is 0 Å². The van der Waals surface area contributed by atoms with Crippen molar-refractivity contribution in [2.75, 3.05) is 7.11 Å². The van der Waals surface area contributed by atoms with Crippen molar-refractivity contribution >= 4 is 23.1 Å². The minimum absolute atomic E-state index is 0.00977. The third-order valence-electron chi connectivity index (χ3n) is 6.68. The Morgan fingerprint density at radius 2 is 1.76 bits per heavy atom. The van der Waals surface area contributed by atoms with Crippen molar-refractivity contribution < 1.29 is 4.74 Å². The topological polar surface area (TPSA) is 43.6 Å². The summed E-state index contributed by atoms with van der Waals surface area (Å²) in [4.78, 5) is 19.6. The smallest absolute Gasteiger partial charge is 0.271 e. The van der Waals surface area contributed by atoms with E-state index in [1.54, 1.807) is 7.11 Å². The monoisotopic (exact) mass is 464 g/mol. The van der Waals surface area contributed by atoms with Gasteiger partial charge in [0.2, 0.25) is 0 Å². The van der Waals surface area contributed by atoms with Gasteiger partial charge >= 0.3 is 0 Å². The second-order valence-electron chi connectivity index (χ2n) is 8.80. The normalized spacial score (nSPS) is 17.0. The molecule has 6 rings (SSSR count). The predicted octanol–water partition coefficient (Wildman–Crippen LogP) is 4.64. The number of methoxy groups -OCH3 is 1. The molecule has 0 saturated heterocycles. The molecule has 1 aliphatic carbocycles. The van der Waals surface area contributed by atoms with Crippen LogP contribution in [0, 0.1) is 6.92 Å². The number of aryl methyl sites for hydroxylation is 2. The first-order valence-electron chi connectivity index (χ1n) is 11.5. The molecule has 2 heterocycles. The van der Waals surface area contributed by atoms with Gasteiger partial charge in [-0.25, -0.2) is 4.99 Å². The first-order valence-corrected chi connectivity index (χ1v) is 12.3. The van der Waals surface area contributed by atoms with E-state index in [2.05, 4.69) is 67.6 Å². The maximum Gasteiger partial charge on any atom is 0.271 e. The molecule has 34 heavy (non-hydrogen) atoms. The zero-order valence-electron chi connectivity index (χ0n) is 19.1. The molecule has 0 saturated carbocycles. The largest absolute Gasteiger partial charge is 0.497 e. The van der Waals surface area contributed by atoms with E-state index in [-0.39, 0.29) is 11.6 Å². The van der Waals surface area contributed by atoms with E-state index in [1.165, 1.54) is 33.6 Å². The molecule has 0 amide bonds. The molecule has 0 N–H and O–H groups in total. The SMILES string of the molecule is COc1ccc([C@H]2C3=C(N=c4s/c(=C\c5ccc(C)cc5)c(=O)n42)c2ccccc2CC3)cc1. The molecule has 5 heteroatoms. The summed E-state index contributed by atoms with van der Waals surface area (Å²) in [5.41, 5.74) is 8.02. The van der Waals surface area contributed by atoms with Gasteiger partial charge in [-0.2, -0.15) is 0 Å². The second kappa shape index (κ2) is 8.26. The van der Waals surface area contributed by atoms with Crippen molar-refractivity contribution in [1.29, 1.82) is 0 Å². The van der Waals surface area contributed by atoms with Crippen LogP contribution in [0.15, 0.2) is 88.2 Å². The van der Waals surface area contributed by atoms with Crippen LogP contribution in [0.25, 0.3) is 11.8 Å². The van der Waals surface area contributed by atoms with Crippen molar-refractivity contribution in [2.24, 2.45) is 4.99 Å². The molecular weight excluding hydrogens is 440 g/mol. The lowest BCUT2D eigenvalue weighted by molar-refractivity contribution is 0.414. The summed E-state index contributed by atoms with van der Waals surface area (Å²) in [6, 6.07) is 24.6. The number of thiazole rings is 1. The summed E-state index contributed by atoms with van der Waals surface area (Å²) < 4.78 is 7.97. The van der Waals surface area contributed by atoms with E-state index in [0.29, 0.717) is 4.53 Å². The van der Waals surface area contributed by atoms with Crippen LogP contribution < -0.4 is 19.6 Å². The molecule has 0 bridgehead atoms. The Labute approximate surface area is 201 Å². The molecule has 0 spiro atoms. The predicted molar refractivity (Wildman–Crippen MR) is 137 cm³/mol. The van der Waals surface area contributed by atoms with Gasteiger partial charge in [-0.3, -0.25) is 9.36 Å². The van der Waals surface area contributed by atoms with Gasteiger partial charge in [0.05, 0.1) is 23.4 Å². The quantitative estimate of drug-likeness (QED) is 0.444. The summed E-state index contributed by atoms with van der Waals surface area (Å²) in [6.45, 7) is 2.06. The zero-order chi connectivity index (χ0) is 23.2. The molecule has 4 nitrogen and oxygen atoms in total. The molecule has 0 fully saturated rings. The van der Waals surface area contributed by atoms with Crippen LogP contribution in [0.1, 0.15) is 40.3 Å². The van der Waals surface area contributed by atoms with Crippen molar-refractivity contribution in [2.45, 2.75) is 25.8 Å². The van der Waals surface area contributed by atoms with E-state index in [9.17, 15) is 4.79 Å². The first kappa shape index (κ1) is 20.9. The maximum absolute atomic E-state index is 13.7. The third kappa shape index (κ3) is 3.44. The zero-order valence-corrected chi connectivity index (χ0v) is 19.9. The number of allylic oxidation sites excluding steroid dienone is 1. The molecule has 2 aliphatic rings. The van der Waals surface area contributed by atoms with Gasteiger partial charge in [-0.05, 0) is 60.2 Å². The Morgan fingerprint density at radius 3 is 2.53 bits per heavy atom. The van der Waals surface area contributed by atoms with Crippen LogP contribution in [0.4, 0.5) is 0 Å². The van der Waals surface area contributed by atoms with E-state index in [4.69, 9.17) is 9.73 Å². The Hall–Kier alpha value is -3.70. The third-order valence-corrected chi connectivity index (χ3v) is 7.66. The number of ether oxygens (including phenoxy) is 1. The van der Waals surface area contributed by atoms with E-state index >= 15 is 0 Å². The summed E-state index contributed by atoms with van der Waals surface area (Å²) in [5, 5.41) is 0. The molecule has 1 aromatic heterocycles. The summed E-state index contributed by atoms with van der Waals surface area (Å²) >= 11 is 1.47. The molecule has 168 valence electrons. The first-order chi connectivity index (χ1) is 16.6. The lowest BCUT2D eigenvalue weighted by Crippen LogP contribution is -2.38. The van der Waals surface area contributed by atoms with Gasteiger partial charge in [-0.1, -0.05) is 77.6 Å². The number of fused-ring (bicyclic) bond motifs is 3. The number of aromatic nitrogens is 1. The van der Waals surface area contributed by atoms with Crippen LogP contribution in [0.5, 0.6) is 5.75 Å². The highest BCUT2D eigenvalue weighted by Crippen LogP contribution is 2.41. The molecule has 3 aromatic carbocycles. The molecular formula is C29H24N2O2S. The molecule has 0 radical (unpaired) electrons. The number of hydrogen-bond acceptors (Lipinski definition) is 4. The lowest BCUT2D eigenvalue weighted by Gasteiger charge is -2.30. The van der Waals surface area contributed by atoms with Crippen molar-refractivity contribution in [3.05, 3.63) is 126 Å². The minimum Gasteiger partial charge on any atom is -0.497 e. The Balaban J connectivity index is 1.60. The van der Waals surface area contributed by atoms with Crippen LogP contribution >= 0.6 is 11.3 Å². The number of rotatable bonds is 3. The van der Waals surface area contributed by atoms with Gasteiger partial charge < -0.3 is 4.74 Å². The number of benzene rings is 3. The summed E-state index contributed by atoms with van der Waals surface area (Å²) in [6.07, 6.45) is 3.81. The fraction of sp³-hybridized carbons (Fsp3) is 0.172. The number of nitrogens with zero attached hydrogens (tertiary/aromatic N) is 2. The van der Waals surface area contributed by atoms with E-state index in [0.717, 1.165) is 40.2 Å². The van der Waals surface area contributed by atoms with E-state index < -0.39 is 0 Å². The van der Waals surface area contributed by atoms with Gasteiger partial charge in [-0.15, -0.1) is 0 Å². The molecule has 4 aromatic rings. The Morgan fingerprint density at radius 1 is 1.00 bits per heavy atom. The second-order valence-corrected chi connectivity index (χ2v) is 9.81. The van der Waals surface area contributed by atoms with Crippen LogP contribution in [0.3, 0.4) is 0 Å². The van der Waals surface area contributed by atoms with Gasteiger partial charge in [0, 0.05) is 5.56 Å². The maximum atomic E-state index is 13.7. The molecule has 1 aliphatic heterocycles. The average molecular weight is 465 g/mol. The highest BCUT2D eigenvalue weighted by molar-refractivity contribution is 7.07. The van der Waals surface area contributed by atoms with Crippen molar-refractivity contribution in [3.8, 4) is 5.75 Å². The highest BCUT2D eigenvalue weighted by Gasteiger charge is 2.32. The average Bonchev–Trinajstić information content (AvgIpc) is 3.18. The fourth-order valence-electron chi connectivity index (χ4n) is 4.92. The van der Waals surface area contributed by atoms with Crippen LogP contribution in [-0.4, -0.2) is 11.7 Å². The fourth-order valence-corrected chi connectivity index (χ4v) is 5.92. The van der Waals surface area contributed by atoms with Gasteiger partial charge in [0.1, 0.15) is 5.75 Å².